The number of nitrogens with zero attached hydrogens (tertiary/aromatic N) is 2. The van der Waals surface area contributed by atoms with Crippen molar-refractivity contribution in [1.82, 2.24) is 9.88 Å². The van der Waals surface area contributed by atoms with E-state index in [1.807, 2.05) is 6.26 Å². The van der Waals surface area contributed by atoms with E-state index in [-0.39, 0.29) is 6.04 Å². The maximum Gasteiger partial charge on any atom is 0.434 e. The molecule has 0 aliphatic carbocycles. The number of rotatable bonds is 4. The highest BCUT2D eigenvalue weighted by Gasteiger charge is 2.37. The average molecular weight is 292 g/mol. The van der Waals surface area contributed by atoms with Crippen LogP contribution in [0.2, 0.25) is 0 Å². The number of halogens is 3. The van der Waals surface area contributed by atoms with E-state index in [2.05, 4.69) is 4.98 Å². The van der Waals surface area contributed by atoms with Crippen LogP contribution in [-0.4, -0.2) is 40.9 Å². The van der Waals surface area contributed by atoms with Gasteiger partial charge in [-0.05, 0) is 25.3 Å². The molecule has 3 nitrogen and oxygen atoms in total. The molecular formula is C12H15F3N2OS. The summed E-state index contributed by atoms with van der Waals surface area (Å²) in [5, 5.41) is 0. The molecule has 1 rings (SSSR count). The summed E-state index contributed by atoms with van der Waals surface area (Å²) in [7, 11) is 1.50. The number of carbonyl (C=O) groups excluding carboxylic acids is 1. The third-order valence-corrected chi connectivity index (χ3v) is 3.51. The fourth-order valence-corrected chi connectivity index (χ4v) is 2.25. The van der Waals surface area contributed by atoms with Crippen LogP contribution in [0.3, 0.4) is 0 Å². The first-order chi connectivity index (χ1) is 8.79. The molecule has 0 spiro atoms. The molecule has 0 aliphatic rings. The predicted octanol–water partition coefficient (Wildman–Crippen LogP) is 2.92. The SMILES string of the molecule is CSCC(C)N(C)C(=O)c1cccnc1C(F)(F)F. The van der Waals surface area contributed by atoms with Crippen LogP contribution < -0.4 is 0 Å². The van der Waals surface area contributed by atoms with Gasteiger partial charge in [0.1, 0.15) is 0 Å². The largest absolute Gasteiger partial charge is 0.434 e. The van der Waals surface area contributed by atoms with Crippen LogP contribution in [0.25, 0.3) is 0 Å². The second-order valence-corrected chi connectivity index (χ2v) is 5.03. The number of alkyl halides is 3. The summed E-state index contributed by atoms with van der Waals surface area (Å²) in [6.07, 6.45) is -1.72. The molecule has 1 amide bonds. The summed E-state index contributed by atoms with van der Waals surface area (Å²) >= 11 is 1.53. The lowest BCUT2D eigenvalue weighted by atomic mass is 10.1. The molecule has 0 saturated carbocycles. The number of aromatic nitrogens is 1. The van der Waals surface area contributed by atoms with Gasteiger partial charge in [-0.2, -0.15) is 24.9 Å². The number of amides is 1. The average Bonchev–Trinajstić information content (AvgIpc) is 2.36. The topological polar surface area (TPSA) is 33.2 Å². The molecule has 0 saturated heterocycles. The van der Waals surface area contributed by atoms with Crippen molar-refractivity contribution in [2.45, 2.75) is 19.1 Å². The zero-order chi connectivity index (χ0) is 14.6. The third-order valence-electron chi connectivity index (χ3n) is 2.70. The van der Waals surface area contributed by atoms with Crippen molar-refractivity contribution in [3.05, 3.63) is 29.6 Å². The molecule has 0 radical (unpaired) electrons. The van der Waals surface area contributed by atoms with Crippen LogP contribution >= 0.6 is 11.8 Å². The van der Waals surface area contributed by atoms with Gasteiger partial charge in [-0.15, -0.1) is 0 Å². The van der Waals surface area contributed by atoms with E-state index in [0.717, 1.165) is 12.3 Å². The number of hydrogen-bond acceptors (Lipinski definition) is 3. The smallest absolute Gasteiger partial charge is 0.338 e. The summed E-state index contributed by atoms with van der Waals surface area (Å²) in [4.78, 5) is 16.7. The van der Waals surface area contributed by atoms with Gasteiger partial charge in [0.2, 0.25) is 0 Å². The molecule has 1 atom stereocenters. The molecule has 106 valence electrons. The molecule has 19 heavy (non-hydrogen) atoms. The van der Waals surface area contributed by atoms with Gasteiger partial charge in [-0.25, -0.2) is 0 Å². The molecular weight excluding hydrogens is 277 g/mol. The zero-order valence-electron chi connectivity index (χ0n) is 10.9. The second kappa shape index (κ2) is 6.27. The van der Waals surface area contributed by atoms with E-state index in [1.54, 1.807) is 6.92 Å². The van der Waals surface area contributed by atoms with Crippen molar-refractivity contribution in [2.75, 3.05) is 19.1 Å². The summed E-state index contributed by atoms with van der Waals surface area (Å²) in [5.74, 6) is -0.00824. The number of pyridine rings is 1. The van der Waals surface area contributed by atoms with Crippen molar-refractivity contribution in [2.24, 2.45) is 0 Å². The molecule has 1 unspecified atom stereocenters. The molecule has 0 fully saturated rings. The fraction of sp³-hybridized carbons (Fsp3) is 0.500. The Labute approximate surface area is 114 Å². The Hall–Kier alpha value is -1.24. The Morgan fingerprint density at radius 2 is 2.16 bits per heavy atom. The van der Waals surface area contributed by atoms with Crippen molar-refractivity contribution >= 4 is 17.7 Å². The first kappa shape index (κ1) is 15.8. The van der Waals surface area contributed by atoms with Crippen molar-refractivity contribution in [1.29, 1.82) is 0 Å². The van der Waals surface area contributed by atoms with Gasteiger partial charge in [-0.3, -0.25) is 9.78 Å². The quantitative estimate of drug-likeness (QED) is 0.855. The van der Waals surface area contributed by atoms with E-state index < -0.39 is 23.3 Å². The molecule has 1 aromatic rings. The standard InChI is InChI=1S/C12H15F3N2OS/c1-8(7-19-3)17(2)11(18)9-5-4-6-16-10(9)12(13,14)15/h4-6,8H,7H2,1-3H3. The Bertz CT molecular complexity index is 451. The maximum atomic E-state index is 12.8. The van der Waals surface area contributed by atoms with Crippen molar-refractivity contribution in [3.63, 3.8) is 0 Å². The minimum absolute atomic E-state index is 0.149. The Morgan fingerprint density at radius 1 is 1.53 bits per heavy atom. The lowest BCUT2D eigenvalue weighted by Crippen LogP contribution is -2.37. The summed E-state index contributed by atoms with van der Waals surface area (Å²) in [6.45, 7) is 1.79. The highest BCUT2D eigenvalue weighted by atomic mass is 32.2. The summed E-state index contributed by atoms with van der Waals surface area (Å²) in [6, 6.07) is 2.33. The Morgan fingerprint density at radius 3 is 2.68 bits per heavy atom. The van der Waals surface area contributed by atoms with Crippen LogP contribution in [0.5, 0.6) is 0 Å². The molecule has 0 bridgehead atoms. The van der Waals surface area contributed by atoms with Gasteiger partial charge < -0.3 is 4.90 Å². The van der Waals surface area contributed by atoms with Crippen LogP contribution in [0.4, 0.5) is 13.2 Å². The second-order valence-electron chi connectivity index (χ2n) is 4.12. The Kier molecular flexibility index (Phi) is 5.22. The predicted molar refractivity (Wildman–Crippen MR) is 69.2 cm³/mol. The summed E-state index contributed by atoms with van der Waals surface area (Å²) < 4.78 is 38.4. The van der Waals surface area contributed by atoms with E-state index in [1.165, 1.54) is 29.8 Å². The van der Waals surface area contributed by atoms with Crippen LogP contribution in [0.15, 0.2) is 18.3 Å². The number of hydrogen-bond donors (Lipinski definition) is 0. The molecule has 0 N–H and O–H groups in total. The monoisotopic (exact) mass is 292 g/mol. The van der Waals surface area contributed by atoms with Gasteiger partial charge >= 0.3 is 6.18 Å². The maximum absolute atomic E-state index is 12.8. The van der Waals surface area contributed by atoms with Crippen LogP contribution in [-0.2, 0) is 6.18 Å². The minimum Gasteiger partial charge on any atom is -0.338 e. The number of carbonyl (C=O) groups is 1. The minimum atomic E-state index is -4.63. The molecule has 1 aromatic heterocycles. The fourth-order valence-electron chi connectivity index (χ4n) is 1.55. The molecule has 7 heteroatoms. The van der Waals surface area contributed by atoms with Crippen LogP contribution in [0.1, 0.15) is 23.0 Å². The van der Waals surface area contributed by atoms with Crippen LogP contribution in [0, 0.1) is 0 Å². The van der Waals surface area contributed by atoms with Gasteiger partial charge in [0.25, 0.3) is 5.91 Å². The lowest BCUT2D eigenvalue weighted by Gasteiger charge is -2.25. The van der Waals surface area contributed by atoms with E-state index in [0.29, 0.717) is 5.75 Å². The highest BCUT2D eigenvalue weighted by Crippen LogP contribution is 2.30. The van der Waals surface area contributed by atoms with Gasteiger partial charge in [0, 0.05) is 25.0 Å². The molecule has 1 heterocycles. The van der Waals surface area contributed by atoms with Gasteiger partial charge in [0.15, 0.2) is 5.69 Å². The van der Waals surface area contributed by atoms with Gasteiger partial charge in [-0.1, -0.05) is 0 Å². The highest BCUT2D eigenvalue weighted by molar-refractivity contribution is 7.98. The molecule has 0 aromatic carbocycles. The summed E-state index contributed by atoms with van der Waals surface area (Å²) in [5.41, 5.74) is -1.55. The first-order valence-electron chi connectivity index (χ1n) is 5.57. The van der Waals surface area contributed by atoms with Gasteiger partial charge in [0.05, 0.1) is 5.56 Å². The zero-order valence-corrected chi connectivity index (χ0v) is 11.7. The van der Waals surface area contributed by atoms with Crippen molar-refractivity contribution < 1.29 is 18.0 Å². The van der Waals surface area contributed by atoms with E-state index in [9.17, 15) is 18.0 Å². The third kappa shape index (κ3) is 3.86. The normalized spacial score (nSPS) is 13.2. The molecule has 0 aliphatic heterocycles. The number of thioether (sulfide) groups is 1. The van der Waals surface area contributed by atoms with E-state index >= 15 is 0 Å². The van der Waals surface area contributed by atoms with Crippen molar-refractivity contribution in [3.8, 4) is 0 Å². The Balaban J connectivity index is 3.07. The first-order valence-corrected chi connectivity index (χ1v) is 6.96. The van der Waals surface area contributed by atoms with E-state index in [4.69, 9.17) is 0 Å². The lowest BCUT2D eigenvalue weighted by molar-refractivity contribution is -0.141.